The van der Waals surface area contributed by atoms with E-state index >= 15 is 0 Å². The molecule has 0 saturated carbocycles. The van der Waals surface area contributed by atoms with Gasteiger partial charge in [0.25, 0.3) is 5.91 Å². The van der Waals surface area contributed by atoms with E-state index in [-0.39, 0.29) is 11.9 Å². The van der Waals surface area contributed by atoms with E-state index in [0.717, 1.165) is 30.2 Å². The van der Waals surface area contributed by atoms with Crippen LogP contribution in [0.1, 0.15) is 42.7 Å². The number of hydrogen-bond acceptors (Lipinski definition) is 4. The zero-order valence-electron chi connectivity index (χ0n) is 13.9. The first-order valence-electron chi connectivity index (χ1n) is 8.14. The molecule has 0 bridgehead atoms. The molecule has 122 valence electrons. The molecule has 0 aliphatic carbocycles. The molecular formula is C18H23N3OS. The summed E-state index contributed by atoms with van der Waals surface area (Å²) in [5, 5.41) is 6.09. The number of benzene rings is 1. The summed E-state index contributed by atoms with van der Waals surface area (Å²) in [4.78, 5) is 19.1. The van der Waals surface area contributed by atoms with Gasteiger partial charge in [-0.1, -0.05) is 38.1 Å². The molecular weight excluding hydrogens is 306 g/mol. The lowest BCUT2D eigenvalue weighted by Gasteiger charge is -2.33. The number of carbonyl (C=O) groups is 1. The zero-order valence-corrected chi connectivity index (χ0v) is 14.7. The second-order valence-electron chi connectivity index (χ2n) is 6.37. The molecule has 1 fully saturated rings. The summed E-state index contributed by atoms with van der Waals surface area (Å²) in [6, 6.07) is 8.68. The molecule has 1 aromatic heterocycles. The second kappa shape index (κ2) is 6.81. The Balaban J connectivity index is 1.78. The van der Waals surface area contributed by atoms with Crippen LogP contribution in [0.15, 0.2) is 29.6 Å². The lowest BCUT2D eigenvalue weighted by Crippen LogP contribution is -2.52. The van der Waals surface area contributed by atoms with Gasteiger partial charge in [0.2, 0.25) is 0 Å². The number of nitrogens with one attached hydrogen (secondary N) is 1. The van der Waals surface area contributed by atoms with Crippen LogP contribution in [-0.4, -0.2) is 41.5 Å². The Morgan fingerprint density at radius 3 is 2.74 bits per heavy atom. The van der Waals surface area contributed by atoms with Crippen LogP contribution >= 0.6 is 11.3 Å². The molecule has 4 nitrogen and oxygen atoms in total. The maximum atomic E-state index is 12.6. The van der Waals surface area contributed by atoms with Crippen molar-refractivity contribution in [2.24, 2.45) is 0 Å². The van der Waals surface area contributed by atoms with Gasteiger partial charge in [-0.05, 0) is 18.4 Å². The summed E-state index contributed by atoms with van der Waals surface area (Å²) in [5.74, 6) is 0.562. The van der Waals surface area contributed by atoms with Crippen molar-refractivity contribution in [1.29, 1.82) is 0 Å². The van der Waals surface area contributed by atoms with Crippen LogP contribution in [0.2, 0.25) is 0 Å². The molecule has 23 heavy (non-hydrogen) atoms. The van der Waals surface area contributed by atoms with Crippen LogP contribution in [0, 0.1) is 0 Å². The normalized spacial score (nSPS) is 18.4. The minimum absolute atomic E-state index is 0.0419. The quantitative estimate of drug-likeness (QED) is 0.939. The van der Waals surface area contributed by atoms with Gasteiger partial charge in [-0.3, -0.25) is 4.79 Å². The monoisotopic (exact) mass is 329 g/mol. The van der Waals surface area contributed by atoms with E-state index in [1.165, 1.54) is 16.9 Å². The van der Waals surface area contributed by atoms with Crippen molar-refractivity contribution in [3.8, 4) is 10.6 Å². The standard InChI is InChI=1S/C18H23N3OS/c1-12(2)14-4-6-15(7-5-14)17-20-16(11-23-17)18(22)21-9-8-19-10-13(21)3/h4-7,11-13,19H,8-10H2,1-3H3/t13-/m0/s1. The molecule has 0 spiro atoms. The highest BCUT2D eigenvalue weighted by Gasteiger charge is 2.25. The van der Waals surface area contributed by atoms with E-state index in [1.54, 1.807) is 0 Å². The highest BCUT2D eigenvalue weighted by molar-refractivity contribution is 7.13. The average Bonchev–Trinajstić information content (AvgIpc) is 3.05. The van der Waals surface area contributed by atoms with Crippen LogP contribution < -0.4 is 5.32 Å². The number of hydrogen-bond donors (Lipinski definition) is 1. The van der Waals surface area contributed by atoms with Crippen molar-refractivity contribution in [1.82, 2.24) is 15.2 Å². The Bertz CT molecular complexity index is 678. The molecule has 1 saturated heterocycles. The summed E-state index contributed by atoms with van der Waals surface area (Å²) in [6.07, 6.45) is 0. The highest BCUT2D eigenvalue weighted by Crippen LogP contribution is 2.26. The molecule has 0 radical (unpaired) electrons. The second-order valence-corrected chi connectivity index (χ2v) is 7.22. The van der Waals surface area contributed by atoms with Gasteiger partial charge in [0, 0.05) is 36.6 Å². The fourth-order valence-electron chi connectivity index (χ4n) is 2.81. The molecule has 1 atom stereocenters. The van der Waals surface area contributed by atoms with Crippen molar-refractivity contribution in [3.05, 3.63) is 40.9 Å². The molecule has 1 aromatic carbocycles. The van der Waals surface area contributed by atoms with E-state index in [9.17, 15) is 4.79 Å². The summed E-state index contributed by atoms with van der Waals surface area (Å²) >= 11 is 1.54. The smallest absolute Gasteiger partial charge is 0.273 e. The summed E-state index contributed by atoms with van der Waals surface area (Å²) in [7, 11) is 0. The van der Waals surface area contributed by atoms with Gasteiger partial charge in [-0.2, -0.15) is 0 Å². The minimum Gasteiger partial charge on any atom is -0.332 e. The van der Waals surface area contributed by atoms with Crippen molar-refractivity contribution in [3.63, 3.8) is 0 Å². The number of thiazole rings is 1. The number of nitrogens with zero attached hydrogens (tertiary/aromatic N) is 2. The van der Waals surface area contributed by atoms with Crippen LogP contribution in [0.5, 0.6) is 0 Å². The number of amides is 1. The number of aromatic nitrogens is 1. The fraction of sp³-hybridized carbons (Fsp3) is 0.444. The van der Waals surface area contributed by atoms with Gasteiger partial charge in [-0.15, -0.1) is 11.3 Å². The zero-order chi connectivity index (χ0) is 16.4. The fourth-order valence-corrected chi connectivity index (χ4v) is 3.61. The Hall–Kier alpha value is -1.72. The molecule has 2 heterocycles. The first-order chi connectivity index (χ1) is 11.1. The first kappa shape index (κ1) is 16.1. The maximum absolute atomic E-state index is 12.6. The summed E-state index contributed by atoms with van der Waals surface area (Å²) in [5.41, 5.74) is 2.95. The summed E-state index contributed by atoms with van der Waals surface area (Å²) in [6.45, 7) is 8.88. The number of carbonyl (C=O) groups excluding carboxylic acids is 1. The lowest BCUT2D eigenvalue weighted by molar-refractivity contribution is 0.0650. The first-order valence-corrected chi connectivity index (χ1v) is 9.01. The molecule has 3 rings (SSSR count). The Kier molecular flexibility index (Phi) is 4.78. The van der Waals surface area contributed by atoms with Crippen molar-refractivity contribution < 1.29 is 4.79 Å². The Morgan fingerprint density at radius 2 is 2.09 bits per heavy atom. The average molecular weight is 329 g/mol. The van der Waals surface area contributed by atoms with Gasteiger partial charge >= 0.3 is 0 Å². The lowest BCUT2D eigenvalue weighted by atomic mass is 10.0. The third-order valence-electron chi connectivity index (χ3n) is 4.31. The van der Waals surface area contributed by atoms with Crippen molar-refractivity contribution in [2.45, 2.75) is 32.7 Å². The molecule has 1 aliphatic rings. The van der Waals surface area contributed by atoms with Crippen molar-refractivity contribution in [2.75, 3.05) is 19.6 Å². The third-order valence-corrected chi connectivity index (χ3v) is 5.20. The van der Waals surface area contributed by atoms with Crippen molar-refractivity contribution >= 4 is 17.2 Å². The van der Waals surface area contributed by atoms with Gasteiger partial charge in [0.15, 0.2) is 0 Å². The number of rotatable bonds is 3. The topological polar surface area (TPSA) is 45.2 Å². The van der Waals surface area contributed by atoms with Crippen LogP contribution in [-0.2, 0) is 0 Å². The third kappa shape index (κ3) is 3.46. The maximum Gasteiger partial charge on any atom is 0.273 e. The van der Waals surface area contributed by atoms with E-state index in [0.29, 0.717) is 11.6 Å². The largest absolute Gasteiger partial charge is 0.332 e. The molecule has 1 N–H and O–H groups in total. The van der Waals surface area contributed by atoms with E-state index in [1.807, 2.05) is 10.3 Å². The highest BCUT2D eigenvalue weighted by atomic mass is 32.1. The summed E-state index contributed by atoms with van der Waals surface area (Å²) < 4.78 is 0. The Morgan fingerprint density at radius 1 is 1.35 bits per heavy atom. The van der Waals surface area contributed by atoms with Gasteiger partial charge in [0.1, 0.15) is 10.7 Å². The van der Waals surface area contributed by atoms with E-state index in [4.69, 9.17) is 0 Å². The van der Waals surface area contributed by atoms with Gasteiger partial charge in [-0.25, -0.2) is 4.98 Å². The molecule has 2 aromatic rings. The van der Waals surface area contributed by atoms with E-state index in [2.05, 4.69) is 55.3 Å². The minimum atomic E-state index is 0.0419. The van der Waals surface area contributed by atoms with E-state index < -0.39 is 0 Å². The molecule has 5 heteroatoms. The van der Waals surface area contributed by atoms with Crippen LogP contribution in [0.4, 0.5) is 0 Å². The molecule has 0 unspecified atom stereocenters. The predicted octanol–water partition coefficient (Wildman–Crippen LogP) is 3.37. The number of piperazine rings is 1. The van der Waals surface area contributed by atoms with Crippen LogP contribution in [0.25, 0.3) is 10.6 Å². The predicted molar refractivity (Wildman–Crippen MR) is 95.0 cm³/mol. The molecule has 1 aliphatic heterocycles. The Labute approximate surface area is 141 Å². The van der Waals surface area contributed by atoms with Gasteiger partial charge in [0.05, 0.1) is 0 Å². The molecule has 1 amide bonds. The SMILES string of the molecule is CC(C)c1ccc(-c2nc(C(=O)N3CCNC[C@@H]3C)cs2)cc1. The van der Waals surface area contributed by atoms with Gasteiger partial charge < -0.3 is 10.2 Å². The van der Waals surface area contributed by atoms with Crippen LogP contribution in [0.3, 0.4) is 0 Å².